The van der Waals surface area contributed by atoms with E-state index in [1.165, 1.54) is 11.8 Å². The van der Waals surface area contributed by atoms with Gasteiger partial charge in [-0.05, 0) is 54.1 Å². The molecule has 1 amide bonds. The van der Waals surface area contributed by atoms with E-state index in [4.69, 9.17) is 14.1 Å². The second-order valence-electron chi connectivity index (χ2n) is 8.57. The molecule has 6 nitrogen and oxygen atoms in total. The molecule has 0 unspecified atom stereocenters. The highest BCUT2D eigenvalue weighted by atomic mass is 32.2. The van der Waals surface area contributed by atoms with Crippen molar-refractivity contribution in [1.82, 2.24) is 4.90 Å². The van der Waals surface area contributed by atoms with E-state index in [0.29, 0.717) is 46.9 Å². The molecule has 2 heterocycles. The first-order valence-electron chi connectivity index (χ1n) is 12.3. The number of amides is 1. The third kappa shape index (κ3) is 5.95. The van der Waals surface area contributed by atoms with Crippen LogP contribution in [0.4, 0.5) is 0 Å². The number of furan rings is 1. The van der Waals surface area contributed by atoms with Gasteiger partial charge in [-0.15, -0.1) is 0 Å². The average molecular weight is 523 g/mol. The number of hydrogen-bond acceptors (Lipinski definition) is 6. The molecule has 1 fully saturated rings. The Bertz CT molecular complexity index is 1480. The fourth-order valence-electron chi connectivity index (χ4n) is 3.97. The third-order valence-electron chi connectivity index (χ3n) is 5.89. The Labute approximate surface area is 225 Å². The van der Waals surface area contributed by atoms with Gasteiger partial charge in [-0.25, -0.2) is 4.79 Å². The summed E-state index contributed by atoms with van der Waals surface area (Å²) >= 11 is 1.35. The summed E-state index contributed by atoms with van der Waals surface area (Å²) in [7, 11) is 0. The summed E-state index contributed by atoms with van der Waals surface area (Å²) in [6.45, 7) is 3.03. The second kappa shape index (κ2) is 11.8. The monoisotopic (exact) mass is 522 g/mol. The van der Waals surface area contributed by atoms with E-state index in [-0.39, 0.29) is 11.9 Å². The van der Waals surface area contributed by atoms with E-state index in [1.54, 1.807) is 30.0 Å². The maximum atomic E-state index is 13.4. The molecule has 0 saturated carbocycles. The number of rotatable bonds is 8. The largest absolute Gasteiger partial charge is 0.462 e. The van der Waals surface area contributed by atoms with Gasteiger partial charge in [0, 0.05) is 11.6 Å². The van der Waals surface area contributed by atoms with Crippen LogP contribution < -0.4 is 0 Å². The van der Waals surface area contributed by atoms with Crippen LogP contribution in [-0.4, -0.2) is 28.6 Å². The minimum absolute atomic E-state index is 0.109. The standard InChI is InChI=1S/C31H26N2O4S/c1-2-36-30(35)25-15-13-24(14-16-25)27-18-17-26(37-27)19-28-29(34)33(21-23-11-7-4-8-12-23)31(38-28)32-20-22-9-5-3-6-10-22/h3-19H,2,20-21H2,1H3. The lowest BCUT2D eigenvalue weighted by Gasteiger charge is -2.15. The van der Waals surface area contributed by atoms with E-state index in [9.17, 15) is 9.59 Å². The molecular weight excluding hydrogens is 496 g/mol. The van der Waals surface area contributed by atoms with Crippen molar-refractivity contribution in [3.8, 4) is 11.3 Å². The number of nitrogens with zero attached hydrogens (tertiary/aromatic N) is 2. The van der Waals surface area contributed by atoms with E-state index in [2.05, 4.69) is 0 Å². The van der Waals surface area contributed by atoms with Gasteiger partial charge in [-0.1, -0.05) is 72.8 Å². The van der Waals surface area contributed by atoms with Crippen LogP contribution >= 0.6 is 11.8 Å². The fraction of sp³-hybridized carbons (Fsp3) is 0.129. The number of hydrogen-bond donors (Lipinski definition) is 0. The number of benzene rings is 3. The van der Waals surface area contributed by atoms with Crippen LogP contribution in [0.3, 0.4) is 0 Å². The number of esters is 1. The van der Waals surface area contributed by atoms with Crippen molar-refractivity contribution < 1.29 is 18.7 Å². The highest BCUT2D eigenvalue weighted by Crippen LogP contribution is 2.35. The van der Waals surface area contributed by atoms with Crippen molar-refractivity contribution in [1.29, 1.82) is 0 Å². The first-order valence-corrected chi connectivity index (χ1v) is 13.1. The maximum Gasteiger partial charge on any atom is 0.338 e. The SMILES string of the molecule is CCOC(=O)c1ccc(-c2ccc(C=C3SC(=NCc4ccccc4)N(Cc4ccccc4)C3=O)o2)cc1. The molecule has 0 N–H and O–H groups in total. The summed E-state index contributed by atoms with van der Waals surface area (Å²) in [5.74, 6) is 0.740. The van der Waals surface area contributed by atoms with Crippen molar-refractivity contribution in [3.63, 3.8) is 0 Å². The Morgan fingerprint density at radius 3 is 2.29 bits per heavy atom. The van der Waals surface area contributed by atoms with Gasteiger partial charge in [0.25, 0.3) is 5.91 Å². The molecular formula is C31H26N2O4S. The van der Waals surface area contributed by atoms with Crippen LogP contribution in [-0.2, 0) is 22.6 Å². The molecule has 38 heavy (non-hydrogen) atoms. The smallest absolute Gasteiger partial charge is 0.338 e. The summed E-state index contributed by atoms with van der Waals surface area (Å²) in [4.78, 5) is 32.4. The van der Waals surface area contributed by atoms with Crippen LogP contribution in [0.25, 0.3) is 17.4 Å². The highest BCUT2D eigenvalue weighted by molar-refractivity contribution is 8.18. The van der Waals surface area contributed by atoms with Gasteiger partial charge in [-0.3, -0.25) is 14.7 Å². The summed E-state index contributed by atoms with van der Waals surface area (Å²) in [5.41, 5.74) is 3.42. The van der Waals surface area contributed by atoms with Crippen molar-refractivity contribution in [2.24, 2.45) is 4.99 Å². The van der Waals surface area contributed by atoms with Gasteiger partial charge in [-0.2, -0.15) is 0 Å². The molecule has 0 aliphatic carbocycles. The van der Waals surface area contributed by atoms with Gasteiger partial charge >= 0.3 is 5.97 Å². The molecule has 0 spiro atoms. The molecule has 190 valence electrons. The summed E-state index contributed by atoms with van der Waals surface area (Å²) in [6, 6.07) is 30.6. The molecule has 0 radical (unpaired) electrons. The normalized spacial score (nSPS) is 15.4. The van der Waals surface area contributed by atoms with E-state index in [1.807, 2.05) is 84.9 Å². The van der Waals surface area contributed by atoms with Crippen molar-refractivity contribution in [3.05, 3.63) is 124 Å². The number of aliphatic imine (C=N–C) groups is 1. The zero-order valence-electron chi connectivity index (χ0n) is 20.9. The van der Waals surface area contributed by atoms with Gasteiger partial charge in [0.1, 0.15) is 11.5 Å². The third-order valence-corrected chi connectivity index (χ3v) is 6.94. The molecule has 0 atom stereocenters. The van der Waals surface area contributed by atoms with Gasteiger partial charge in [0.15, 0.2) is 5.17 Å². The van der Waals surface area contributed by atoms with Crippen LogP contribution in [0.15, 0.2) is 111 Å². The summed E-state index contributed by atoms with van der Waals surface area (Å²) < 4.78 is 11.1. The molecule has 3 aromatic carbocycles. The molecule has 1 saturated heterocycles. The van der Waals surface area contributed by atoms with Crippen LogP contribution in [0.2, 0.25) is 0 Å². The molecule has 5 rings (SSSR count). The first-order chi connectivity index (χ1) is 18.6. The summed E-state index contributed by atoms with van der Waals surface area (Å²) in [5, 5.41) is 0.662. The van der Waals surface area contributed by atoms with Crippen molar-refractivity contribution in [2.45, 2.75) is 20.0 Å². The molecule has 1 aliphatic heterocycles. The molecule has 0 bridgehead atoms. The van der Waals surface area contributed by atoms with E-state index < -0.39 is 0 Å². The lowest BCUT2D eigenvalue weighted by molar-refractivity contribution is -0.122. The quantitative estimate of drug-likeness (QED) is 0.188. The van der Waals surface area contributed by atoms with Gasteiger partial charge < -0.3 is 9.15 Å². The van der Waals surface area contributed by atoms with Gasteiger partial charge in [0.2, 0.25) is 0 Å². The zero-order chi connectivity index (χ0) is 26.3. The second-order valence-corrected chi connectivity index (χ2v) is 9.58. The van der Waals surface area contributed by atoms with E-state index in [0.717, 1.165) is 16.7 Å². The van der Waals surface area contributed by atoms with Crippen LogP contribution in [0.1, 0.15) is 34.2 Å². The Morgan fingerprint density at radius 2 is 1.61 bits per heavy atom. The lowest BCUT2D eigenvalue weighted by Crippen LogP contribution is -2.28. The Hall–Kier alpha value is -4.36. The van der Waals surface area contributed by atoms with Crippen molar-refractivity contribution >= 4 is 34.9 Å². The predicted molar refractivity (Wildman–Crippen MR) is 150 cm³/mol. The number of thioether (sulfide) groups is 1. The lowest BCUT2D eigenvalue weighted by atomic mass is 10.1. The number of carbonyl (C=O) groups is 2. The van der Waals surface area contributed by atoms with Crippen LogP contribution in [0.5, 0.6) is 0 Å². The topological polar surface area (TPSA) is 72.1 Å². The number of amidine groups is 1. The minimum Gasteiger partial charge on any atom is -0.462 e. The number of carbonyl (C=O) groups excluding carboxylic acids is 2. The minimum atomic E-state index is -0.356. The predicted octanol–water partition coefficient (Wildman–Crippen LogP) is 6.80. The highest BCUT2D eigenvalue weighted by Gasteiger charge is 2.33. The molecule has 7 heteroatoms. The van der Waals surface area contributed by atoms with Gasteiger partial charge in [0.05, 0.1) is 30.2 Å². The van der Waals surface area contributed by atoms with E-state index >= 15 is 0 Å². The Kier molecular flexibility index (Phi) is 7.85. The molecule has 1 aliphatic rings. The summed E-state index contributed by atoms with van der Waals surface area (Å²) in [6.07, 6.45) is 1.76. The Balaban J connectivity index is 1.37. The average Bonchev–Trinajstić information content (AvgIpc) is 3.54. The number of ether oxygens (including phenoxy) is 1. The molecule has 1 aromatic heterocycles. The maximum absolute atomic E-state index is 13.4. The molecule has 4 aromatic rings. The van der Waals surface area contributed by atoms with Crippen LogP contribution in [0, 0.1) is 0 Å². The fourth-order valence-corrected chi connectivity index (χ4v) is 4.93. The first kappa shape index (κ1) is 25.3. The zero-order valence-corrected chi connectivity index (χ0v) is 21.7. The van der Waals surface area contributed by atoms with Crippen molar-refractivity contribution in [2.75, 3.05) is 6.61 Å². The Morgan fingerprint density at radius 1 is 0.921 bits per heavy atom.